The first-order valence-electron chi connectivity index (χ1n) is 12.5. The molecule has 3 atom stereocenters. The SMILES string of the molecule is COC1=C(CCC(=O)c2c(C)n(C(C)C3CCN(C)C(C)C3)c3ccccc23)C(=O)CC(C)=C1. The molecule has 1 saturated heterocycles. The van der Waals surface area contributed by atoms with E-state index in [1.165, 1.54) is 6.42 Å². The molecule has 1 aromatic carbocycles. The molecule has 0 N–H and O–H groups in total. The van der Waals surface area contributed by atoms with Crippen LogP contribution in [0.15, 0.2) is 47.2 Å². The number of rotatable bonds is 7. The number of carbonyl (C=O) groups is 2. The van der Waals surface area contributed by atoms with Crippen LogP contribution in [0.3, 0.4) is 0 Å². The van der Waals surface area contributed by atoms with E-state index in [4.69, 9.17) is 4.74 Å². The Morgan fingerprint density at radius 2 is 1.97 bits per heavy atom. The summed E-state index contributed by atoms with van der Waals surface area (Å²) in [7, 11) is 3.79. The third kappa shape index (κ3) is 4.50. The summed E-state index contributed by atoms with van der Waals surface area (Å²) in [4.78, 5) is 28.6. The molecular weight excluding hydrogens is 424 g/mol. The number of hydrogen-bond donors (Lipinski definition) is 0. The van der Waals surface area contributed by atoms with Gasteiger partial charge in [0.25, 0.3) is 0 Å². The molecule has 0 spiro atoms. The third-order valence-corrected chi connectivity index (χ3v) is 8.05. The summed E-state index contributed by atoms with van der Waals surface area (Å²) < 4.78 is 7.85. The van der Waals surface area contributed by atoms with Crippen LogP contribution in [-0.2, 0) is 9.53 Å². The van der Waals surface area contributed by atoms with E-state index in [1.807, 2.05) is 19.1 Å². The Bertz CT molecular complexity index is 1170. The van der Waals surface area contributed by atoms with Crippen molar-refractivity contribution in [2.75, 3.05) is 20.7 Å². The number of ketones is 2. The Kier molecular flexibility index (Phi) is 7.13. The lowest BCUT2D eigenvalue weighted by molar-refractivity contribution is -0.115. The number of methoxy groups -OCH3 is 1. The molecule has 0 bridgehead atoms. The summed E-state index contributed by atoms with van der Waals surface area (Å²) in [6.45, 7) is 9.74. The number of Topliss-reactive ketones (excluding diaryl/α,β-unsaturated/α-hetero) is 2. The zero-order valence-electron chi connectivity index (χ0n) is 21.5. The van der Waals surface area contributed by atoms with Crippen LogP contribution in [0, 0.1) is 12.8 Å². The first kappa shape index (κ1) is 24.5. The van der Waals surface area contributed by atoms with E-state index in [0.717, 1.165) is 40.7 Å². The molecular formula is C29H38N2O3. The minimum absolute atomic E-state index is 0.0637. The highest BCUT2D eigenvalue weighted by atomic mass is 16.5. The topological polar surface area (TPSA) is 51.5 Å². The maximum absolute atomic E-state index is 13.6. The van der Waals surface area contributed by atoms with Crippen LogP contribution in [0.5, 0.6) is 0 Å². The predicted octanol–water partition coefficient (Wildman–Crippen LogP) is 6.02. The van der Waals surface area contributed by atoms with Gasteiger partial charge >= 0.3 is 0 Å². The summed E-state index contributed by atoms with van der Waals surface area (Å²) in [5.74, 6) is 1.34. The van der Waals surface area contributed by atoms with Crippen molar-refractivity contribution in [1.29, 1.82) is 0 Å². The van der Waals surface area contributed by atoms with Gasteiger partial charge in [-0.25, -0.2) is 0 Å². The molecule has 5 heteroatoms. The number of para-hydroxylation sites is 1. The van der Waals surface area contributed by atoms with Gasteiger partial charge in [-0.2, -0.15) is 0 Å². The second-order valence-corrected chi connectivity index (χ2v) is 10.3. The first-order valence-corrected chi connectivity index (χ1v) is 12.5. The number of benzene rings is 1. The lowest BCUT2D eigenvalue weighted by atomic mass is 9.86. The van der Waals surface area contributed by atoms with Crippen molar-refractivity contribution in [3.63, 3.8) is 0 Å². The maximum Gasteiger partial charge on any atom is 0.166 e. The molecule has 4 rings (SSSR count). The number of nitrogens with zero attached hydrogens (tertiary/aromatic N) is 2. The number of likely N-dealkylation sites (tertiary alicyclic amines) is 1. The zero-order chi connectivity index (χ0) is 24.6. The predicted molar refractivity (Wildman–Crippen MR) is 137 cm³/mol. The van der Waals surface area contributed by atoms with E-state index in [9.17, 15) is 9.59 Å². The highest BCUT2D eigenvalue weighted by Crippen LogP contribution is 2.37. The summed E-state index contributed by atoms with van der Waals surface area (Å²) in [6, 6.07) is 9.15. The van der Waals surface area contributed by atoms with Gasteiger partial charge in [-0.1, -0.05) is 23.8 Å². The minimum atomic E-state index is 0.0637. The van der Waals surface area contributed by atoms with Crippen molar-refractivity contribution in [2.24, 2.45) is 5.92 Å². The van der Waals surface area contributed by atoms with E-state index in [0.29, 0.717) is 48.6 Å². The second kappa shape index (κ2) is 9.91. The van der Waals surface area contributed by atoms with Gasteiger partial charge in [-0.05, 0) is 78.6 Å². The standard InChI is InChI=1S/C29H38N2O3/c1-18-15-27(33)24(28(16-18)34-6)11-12-26(32)29-21(4)31(25-10-8-7-9-23(25)29)20(3)22-13-14-30(5)19(2)17-22/h7-10,16,19-20,22H,11-15,17H2,1-6H3. The molecule has 2 heterocycles. The fourth-order valence-corrected chi connectivity index (χ4v) is 5.91. The lowest BCUT2D eigenvalue weighted by Crippen LogP contribution is -2.40. The Morgan fingerprint density at radius 1 is 1.24 bits per heavy atom. The lowest BCUT2D eigenvalue weighted by Gasteiger charge is -2.38. The van der Waals surface area contributed by atoms with Crippen LogP contribution < -0.4 is 0 Å². The van der Waals surface area contributed by atoms with Gasteiger partial charge < -0.3 is 14.2 Å². The average molecular weight is 463 g/mol. The van der Waals surface area contributed by atoms with Gasteiger partial charge in [0.15, 0.2) is 11.6 Å². The van der Waals surface area contributed by atoms with Crippen LogP contribution in [0.1, 0.15) is 75.0 Å². The molecule has 1 aromatic heterocycles. The molecule has 34 heavy (non-hydrogen) atoms. The fourth-order valence-electron chi connectivity index (χ4n) is 5.91. The van der Waals surface area contributed by atoms with E-state index < -0.39 is 0 Å². The maximum atomic E-state index is 13.6. The monoisotopic (exact) mass is 462 g/mol. The van der Waals surface area contributed by atoms with Gasteiger partial charge in [-0.3, -0.25) is 9.59 Å². The number of piperidine rings is 1. The number of aromatic nitrogens is 1. The quantitative estimate of drug-likeness (QED) is 0.472. The normalized spacial score (nSPS) is 22.8. The summed E-state index contributed by atoms with van der Waals surface area (Å²) >= 11 is 0. The van der Waals surface area contributed by atoms with Crippen molar-refractivity contribution in [1.82, 2.24) is 9.47 Å². The van der Waals surface area contributed by atoms with Gasteiger partial charge in [0.2, 0.25) is 0 Å². The molecule has 2 aliphatic rings. The number of carbonyl (C=O) groups excluding carboxylic acids is 2. The van der Waals surface area contributed by atoms with Crippen LogP contribution in [0.4, 0.5) is 0 Å². The zero-order valence-corrected chi connectivity index (χ0v) is 21.5. The Labute approximate surface area is 203 Å². The fraction of sp³-hybridized carbons (Fsp3) is 0.517. The summed E-state index contributed by atoms with van der Waals surface area (Å²) in [5.41, 5.74) is 4.60. The van der Waals surface area contributed by atoms with Crippen LogP contribution in [0.25, 0.3) is 10.9 Å². The Morgan fingerprint density at radius 3 is 2.68 bits per heavy atom. The van der Waals surface area contributed by atoms with Crippen LogP contribution in [-0.4, -0.2) is 47.8 Å². The van der Waals surface area contributed by atoms with Crippen molar-refractivity contribution in [2.45, 2.75) is 71.9 Å². The van der Waals surface area contributed by atoms with Gasteiger partial charge in [0.05, 0.1) is 7.11 Å². The summed E-state index contributed by atoms with van der Waals surface area (Å²) in [6.07, 6.45) is 5.36. The highest BCUT2D eigenvalue weighted by Gasteiger charge is 2.31. The van der Waals surface area contributed by atoms with Crippen LogP contribution >= 0.6 is 0 Å². The van der Waals surface area contributed by atoms with Crippen molar-refractivity contribution >= 4 is 22.5 Å². The van der Waals surface area contributed by atoms with E-state index >= 15 is 0 Å². The number of fused-ring (bicyclic) bond motifs is 1. The number of allylic oxidation sites excluding steroid dienone is 3. The molecule has 1 aliphatic heterocycles. The molecule has 1 fully saturated rings. The van der Waals surface area contributed by atoms with Crippen LogP contribution in [0.2, 0.25) is 0 Å². The molecule has 5 nitrogen and oxygen atoms in total. The van der Waals surface area contributed by atoms with E-state index in [1.54, 1.807) is 7.11 Å². The highest BCUT2D eigenvalue weighted by molar-refractivity contribution is 6.10. The number of ether oxygens (including phenoxy) is 1. The summed E-state index contributed by atoms with van der Waals surface area (Å²) in [5, 5.41) is 1.02. The molecule has 3 unspecified atom stereocenters. The second-order valence-electron chi connectivity index (χ2n) is 10.3. The van der Waals surface area contributed by atoms with Gasteiger partial charge in [0.1, 0.15) is 5.76 Å². The molecule has 0 saturated carbocycles. The Balaban J connectivity index is 1.64. The van der Waals surface area contributed by atoms with Gasteiger partial charge in [0, 0.05) is 52.7 Å². The third-order valence-electron chi connectivity index (χ3n) is 8.05. The number of hydrogen-bond acceptors (Lipinski definition) is 4. The van der Waals surface area contributed by atoms with Crippen molar-refractivity contribution in [3.05, 3.63) is 58.5 Å². The smallest absolute Gasteiger partial charge is 0.166 e. The van der Waals surface area contributed by atoms with Gasteiger partial charge in [-0.15, -0.1) is 0 Å². The average Bonchev–Trinajstić information content (AvgIpc) is 3.10. The molecule has 0 radical (unpaired) electrons. The first-order chi connectivity index (χ1) is 16.2. The van der Waals surface area contributed by atoms with E-state index in [-0.39, 0.29) is 11.6 Å². The minimum Gasteiger partial charge on any atom is -0.496 e. The molecule has 0 amide bonds. The van der Waals surface area contributed by atoms with Crippen molar-refractivity contribution in [3.8, 4) is 0 Å². The van der Waals surface area contributed by atoms with E-state index in [2.05, 4.69) is 55.5 Å². The molecule has 1 aliphatic carbocycles. The molecule has 182 valence electrons. The largest absolute Gasteiger partial charge is 0.496 e. The molecule has 2 aromatic rings. The van der Waals surface area contributed by atoms with Crippen molar-refractivity contribution < 1.29 is 14.3 Å². The Hall–Kier alpha value is -2.66.